The highest BCUT2D eigenvalue weighted by molar-refractivity contribution is 5.94. The van der Waals surface area contributed by atoms with Crippen molar-refractivity contribution in [3.05, 3.63) is 96.9 Å². The number of likely N-dealkylation sites (N-methyl/N-ethyl adjacent to an activating group) is 1. The highest BCUT2D eigenvalue weighted by Gasteiger charge is 2.20. The Labute approximate surface area is 178 Å². The minimum Gasteiger partial charge on any atom is -0.336 e. The Kier molecular flexibility index (Phi) is 5.90. The lowest BCUT2D eigenvalue weighted by atomic mass is 10.1. The van der Waals surface area contributed by atoms with Crippen LogP contribution < -0.4 is 21.8 Å². The van der Waals surface area contributed by atoms with Gasteiger partial charge in [-0.3, -0.25) is 19.4 Å². The van der Waals surface area contributed by atoms with Crippen LogP contribution in [-0.2, 0) is 0 Å². The SMILES string of the molecule is CN1CCN(C(=O)c2cccc(/C=c3\[nH]c(=O)/c(=C/c4ccccn4)[nH]c3=O)c2)CC1. The van der Waals surface area contributed by atoms with Gasteiger partial charge in [0.1, 0.15) is 10.7 Å². The first-order valence-corrected chi connectivity index (χ1v) is 10.0. The fraction of sp³-hybridized carbons (Fsp3) is 0.217. The van der Waals surface area contributed by atoms with Gasteiger partial charge in [0.15, 0.2) is 0 Å². The number of rotatable bonds is 3. The molecule has 31 heavy (non-hydrogen) atoms. The first-order valence-electron chi connectivity index (χ1n) is 10.0. The van der Waals surface area contributed by atoms with Crippen LogP contribution in [0.25, 0.3) is 12.2 Å². The smallest absolute Gasteiger partial charge is 0.272 e. The van der Waals surface area contributed by atoms with Gasteiger partial charge in [-0.05, 0) is 49.0 Å². The van der Waals surface area contributed by atoms with Gasteiger partial charge in [-0.1, -0.05) is 18.2 Å². The molecule has 2 N–H and O–H groups in total. The van der Waals surface area contributed by atoms with E-state index in [1.807, 2.05) is 11.9 Å². The van der Waals surface area contributed by atoms with E-state index < -0.39 is 11.1 Å². The Bertz CT molecular complexity index is 1320. The molecule has 1 aliphatic rings. The van der Waals surface area contributed by atoms with Gasteiger partial charge >= 0.3 is 0 Å². The summed E-state index contributed by atoms with van der Waals surface area (Å²) in [5.74, 6) is -0.0361. The predicted molar refractivity (Wildman–Crippen MR) is 118 cm³/mol. The molecule has 158 valence electrons. The number of piperazine rings is 1. The molecular weight excluding hydrogens is 394 g/mol. The summed E-state index contributed by atoms with van der Waals surface area (Å²) in [6.07, 6.45) is 4.68. The predicted octanol–water partition coefficient (Wildman–Crippen LogP) is -0.497. The summed E-state index contributed by atoms with van der Waals surface area (Å²) in [4.78, 5) is 51.1. The average Bonchev–Trinajstić information content (AvgIpc) is 2.78. The molecule has 1 aromatic carbocycles. The molecule has 3 heterocycles. The maximum Gasteiger partial charge on any atom is 0.272 e. The zero-order chi connectivity index (χ0) is 21.8. The largest absolute Gasteiger partial charge is 0.336 e. The highest BCUT2D eigenvalue weighted by atomic mass is 16.2. The van der Waals surface area contributed by atoms with Crippen molar-refractivity contribution in [2.45, 2.75) is 0 Å². The molecule has 0 saturated carbocycles. The van der Waals surface area contributed by atoms with Crippen molar-refractivity contribution in [3.8, 4) is 0 Å². The van der Waals surface area contributed by atoms with Gasteiger partial charge in [0, 0.05) is 37.9 Å². The molecule has 0 bridgehead atoms. The summed E-state index contributed by atoms with van der Waals surface area (Å²) in [7, 11) is 2.04. The van der Waals surface area contributed by atoms with E-state index in [0.717, 1.165) is 13.1 Å². The molecule has 0 radical (unpaired) electrons. The molecular formula is C23H23N5O3. The zero-order valence-corrected chi connectivity index (χ0v) is 17.2. The van der Waals surface area contributed by atoms with Crippen molar-refractivity contribution < 1.29 is 4.79 Å². The topological polar surface area (TPSA) is 102 Å². The number of hydrogen-bond donors (Lipinski definition) is 2. The van der Waals surface area contributed by atoms with Gasteiger partial charge in [-0.15, -0.1) is 0 Å². The van der Waals surface area contributed by atoms with E-state index in [-0.39, 0.29) is 16.6 Å². The maximum absolute atomic E-state index is 12.8. The van der Waals surface area contributed by atoms with Gasteiger partial charge in [0.25, 0.3) is 17.0 Å². The van der Waals surface area contributed by atoms with E-state index in [0.29, 0.717) is 29.9 Å². The minimum absolute atomic E-state index is 0.0361. The maximum atomic E-state index is 12.8. The third-order valence-electron chi connectivity index (χ3n) is 5.20. The van der Waals surface area contributed by atoms with Crippen molar-refractivity contribution in [1.82, 2.24) is 24.8 Å². The normalized spacial score (nSPS) is 16.0. The van der Waals surface area contributed by atoms with Crippen LogP contribution in [0.15, 0.2) is 58.3 Å². The minimum atomic E-state index is -0.433. The van der Waals surface area contributed by atoms with Crippen molar-refractivity contribution in [1.29, 1.82) is 0 Å². The van der Waals surface area contributed by atoms with Crippen LogP contribution in [0.5, 0.6) is 0 Å². The van der Waals surface area contributed by atoms with Gasteiger partial charge in [0.2, 0.25) is 0 Å². The first kappa shape index (κ1) is 20.5. The lowest BCUT2D eigenvalue weighted by Crippen LogP contribution is -2.47. The summed E-state index contributed by atoms with van der Waals surface area (Å²) in [5.41, 5.74) is 0.911. The Morgan fingerprint density at radius 1 is 0.935 bits per heavy atom. The quantitative estimate of drug-likeness (QED) is 0.599. The van der Waals surface area contributed by atoms with Gasteiger partial charge < -0.3 is 19.8 Å². The molecule has 1 amide bonds. The Morgan fingerprint density at radius 2 is 1.65 bits per heavy atom. The van der Waals surface area contributed by atoms with E-state index in [9.17, 15) is 14.4 Å². The molecule has 4 rings (SSSR count). The van der Waals surface area contributed by atoms with Gasteiger partial charge in [-0.25, -0.2) is 0 Å². The fourth-order valence-corrected chi connectivity index (χ4v) is 3.43. The second-order valence-electron chi connectivity index (χ2n) is 7.50. The van der Waals surface area contributed by atoms with E-state index >= 15 is 0 Å². The number of amides is 1. The van der Waals surface area contributed by atoms with Crippen LogP contribution in [0, 0.1) is 0 Å². The molecule has 1 saturated heterocycles. The number of nitrogens with one attached hydrogen (secondary N) is 2. The first-order chi connectivity index (χ1) is 15.0. The van der Waals surface area contributed by atoms with Crippen LogP contribution in [0.1, 0.15) is 21.6 Å². The second-order valence-corrected chi connectivity index (χ2v) is 7.50. The molecule has 2 aromatic heterocycles. The van der Waals surface area contributed by atoms with Crippen LogP contribution in [-0.4, -0.2) is 63.9 Å². The number of aromatic nitrogens is 3. The van der Waals surface area contributed by atoms with Crippen LogP contribution >= 0.6 is 0 Å². The molecule has 8 nitrogen and oxygen atoms in total. The molecule has 0 unspecified atom stereocenters. The number of hydrogen-bond acceptors (Lipinski definition) is 5. The fourth-order valence-electron chi connectivity index (χ4n) is 3.43. The number of pyridine rings is 1. The van der Waals surface area contributed by atoms with Crippen molar-refractivity contribution in [3.63, 3.8) is 0 Å². The van der Waals surface area contributed by atoms with Crippen molar-refractivity contribution in [2.75, 3.05) is 33.2 Å². The number of aromatic amines is 2. The standard InChI is InChI=1S/C23H23N5O3/c1-27-9-11-28(12-10-27)23(31)17-6-4-5-16(13-17)14-19-21(29)26-20(22(30)25-19)15-18-7-2-3-8-24-18/h2-8,13-15H,9-12H2,1H3,(H,25,30)(H,26,29)/b19-14-,20-15-. The van der Waals surface area contributed by atoms with E-state index in [1.165, 1.54) is 6.08 Å². The van der Waals surface area contributed by atoms with Crippen LogP contribution in [0.4, 0.5) is 0 Å². The monoisotopic (exact) mass is 417 g/mol. The van der Waals surface area contributed by atoms with E-state index in [1.54, 1.807) is 54.7 Å². The number of nitrogens with zero attached hydrogens (tertiary/aromatic N) is 3. The summed E-state index contributed by atoms with van der Waals surface area (Å²) in [6.45, 7) is 3.06. The van der Waals surface area contributed by atoms with Gasteiger partial charge in [0.05, 0.1) is 5.69 Å². The van der Waals surface area contributed by atoms with Crippen LogP contribution in [0.3, 0.4) is 0 Å². The van der Waals surface area contributed by atoms with Crippen LogP contribution in [0.2, 0.25) is 0 Å². The number of carbonyl (C=O) groups excluding carboxylic acids is 1. The molecule has 0 spiro atoms. The molecule has 8 heteroatoms. The Morgan fingerprint density at radius 3 is 2.32 bits per heavy atom. The Hall–Kier alpha value is -3.78. The molecule has 0 atom stereocenters. The summed E-state index contributed by atoms with van der Waals surface area (Å²) >= 11 is 0. The zero-order valence-electron chi connectivity index (χ0n) is 17.2. The second kappa shape index (κ2) is 8.93. The summed E-state index contributed by atoms with van der Waals surface area (Å²) in [5, 5.41) is 0.243. The summed E-state index contributed by atoms with van der Waals surface area (Å²) in [6, 6.07) is 12.3. The van der Waals surface area contributed by atoms with E-state index in [4.69, 9.17) is 0 Å². The molecule has 1 fully saturated rings. The highest BCUT2D eigenvalue weighted by Crippen LogP contribution is 2.11. The lowest BCUT2D eigenvalue weighted by molar-refractivity contribution is 0.0664. The molecule has 3 aromatic rings. The number of carbonyl (C=O) groups is 1. The van der Waals surface area contributed by atoms with Crippen molar-refractivity contribution >= 4 is 18.1 Å². The van der Waals surface area contributed by atoms with Gasteiger partial charge in [-0.2, -0.15) is 0 Å². The number of benzene rings is 1. The van der Waals surface area contributed by atoms with Crippen molar-refractivity contribution in [2.24, 2.45) is 0 Å². The third kappa shape index (κ3) is 4.87. The average molecular weight is 417 g/mol. The summed E-state index contributed by atoms with van der Waals surface area (Å²) < 4.78 is 0. The lowest BCUT2D eigenvalue weighted by Gasteiger charge is -2.32. The third-order valence-corrected chi connectivity index (χ3v) is 5.20. The molecule has 0 aliphatic carbocycles. The number of H-pyrrole nitrogens is 2. The van der Waals surface area contributed by atoms with E-state index in [2.05, 4.69) is 19.9 Å². The Balaban J connectivity index is 1.65. The molecule has 1 aliphatic heterocycles.